The molecule has 1 aliphatic carbocycles. The van der Waals surface area contributed by atoms with Crippen LogP contribution in [0.2, 0.25) is 0 Å². The standard InChI is InChI=1S/C21H23F3/c1-2-14-3-5-15(6-4-14)11-16-12-19(23)21(20(24)13-16)17-7-9-18(22)10-8-17/h7-10,12-15H,2-6,11H2,1H3. The Morgan fingerprint density at radius 3 is 1.92 bits per heavy atom. The molecule has 1 saturated carbocycles. The van der Waals surface area contributed by atoms with E-state index < -0.39 is 17.5 Å². The van der Waals surface area contributed by atoms with Gasteiger partial charge in [-0.25, -0.2) is 13.2 Å². The Morgan fingerprint density at radius 1 is 0.833 bits per heavy atom. The van der Waals surface area contributed by atoms with Crippen LogP contribution in [0.1, 0.15) is 44.6 Å². The zero-order chi connectivity index (χ0) is 17.1. The Bertz CT molecular complexity index is 660. The molecule has 0 spiro atoms. The van der Waals surface area contributed by atoms with Gasteiger partial charge in [-0.3, -0.25) is 0 Å². The van der Waals surface area contributed by atoms with Crippen molar-refractivity contribution >= 4 is 0 Å². The highest BCUT2D eigenvalue weighted by Gasteiger charge is 2.21. The van der Waals surface area contributed by atoms with Gasteiger partial charge in [0.15, 0.2) is 0 Å². The van der Waals surface area contributed by atoms with E-state index in [9.17, 15) is 13.2 Å². The number of hydrogen-bond donors (Lipinski definition) is 0. The molecule has 0 N–H and O–H groups in total. The minimum atomic E-state index is -0.571. The predicted molar refractivity (Wildman–Crippen MR) is 91.2 cm³/mol. The zero-order valence-corrected chi connectivity index (χ0v) is 14.0. The fourth-order valence-corrected chi connectivity index (χ4v) is 3.81. The van der Waals surface area contributed by atoms with E-state index in [4.69, 9.17) is 0 Å². The normalized spacial score (nSPS) is 21.0. The molecular formula is C21H23F3. The molecule has 1 aliphatic rings. The van der Waals surface area contributed by atoms with Gasteiger partial charge >= 0.3 is 0 Å². The molecule has 24 heavy (non-hydrogen) atoms. The van der Waals surface area contributed by atoms with E-state index in [0.717, 1.165) is 30.7 Å². The summed E-state index contributed by atoms with van der Waals surface area (Å²) in [6, 6.07) is 8.12. The fraction of sp³-hybridized carbons (Fsp3) is 0.429. The summed E-state index contributed by atoms with van der Waals surface area (Å²) in [6.07, 6.45) is 6.68. The van der Waals surface area contributed by atoms with E-state index in [-0.39, 0.29) is 5.56 Å². The third-order valence-electron chi connectivity index (χ3n) is 5.30. The predicted octanol–water partition coefficient (Wildman–Crippen LogP) is 6.53. The molecule has 0 aromatic heterocycles. The fourth-order valence-electron chi connectivity index (χ4n) is 3.81. The van der Waals surface area contributed by atoms with Crippen molar-refractivity contribution in [2.45, 2.75) is 45.4 Å². The molecule has 3 rings (SSSR count). The van der Waals surface area contributed by atoms with Crippen LogP contribution in [0.3, 0.4) is 0 Å². The van der Waals surface area contributed by atoms with Gasteiger partial charge in [-0.2, -0.15) is 0 Å². The molecule has 0 heterocycles. The molecule has 0 atom stereocenters. The summed E-state index contributed by atoms with van der Waals surface area (Å²) in [5, 5.41) is 0. The third-order valence-corrected chi connectivity index (χ3v) is 5.30. The van der Waals surface area contributed by atoms with Gasteiger partial charge in [0, 0.05) is 0 Å². The highest BCUT2D eigenvalue weighted by atomic mass is 19.1. The van der Waals surface area contributed by atoms with Crippen molar-refractivity contribution in [2.24, 2.45) is 11.8 Å². The van der Waals surface area contributed by atoms with Gasteiger partial charge in [-0.05, 0) is 66.5 Å². The first-order valence-corrected chi connectivity index (χ1v) is 8.80. The van der Waals surface area contributed by atoms with Gasteiger partial charge < -0.3 is 0 Å². The summed E-state index contributed by atoms with van der Waals surface area (Å²) < 4.78 is 41.9. The lowest BCUT2D eigenvalue weighted by molar-refractivity contribution is 0.268. The average Bonchev–Trinajstić information content (AvgIpc) is 2.57. The maximum Gasteiger partial charge on any atom is 0.134 e. The first kappa shape index (κ1) is 17.1. The first-order chi connectivity index (χ1) is 11.6. The second-order valence-electron chi connectivity index (χ2n) is 6.94. The quantitative estimate of drug-likeness (QED) is 0.597. The van der Waals surface area contributed by atoms with Crippen LogP contribution < -0.4 is 0 Å². The van der Waals surface area contributed by atoms with E-state index in [2.05, 4.69) is 6.92 Å². The van der Waals surface area contributed by atoms with Gasteiger partial charge in [-0.1, -0.05) is 38.3 Å². The van der Waals surface area contributed by atoms with Crippen molar-refractivity contribution in [1.29, 1.82) is 0 Å². The Labute approximate surface area is 141 Å². The molecule has 0 saturated heterocycles. The molecule has 0 bridgehead atoms. The monoisotopic (exact) mass is 332 g/mol. The van der Waals surface area contributed by atoms with Crippen LogP contribution in [0.15, 0.2) is 36.4 Å². The summed E-state index contributed by atoms with van der Waals surface area (Å²) in [5.41, 5.74) is 1.01. The highest BCUT2D eigenvalue weighted by Crippen LogP contribution is 2.34. The molecule has 3 heteroatoms. The lowest BCUT2D eigenvalue weighted by Gasteiger charge is -2.27. The average molecular weight is 332 g/mol. The van der Waals surface area contributed by atoms with Gasteiger partial charge in [-0.15, -0.1) is 0 Å². The van der Waals surface area contributed by atoms with E-state index in [1.165, 1.54) is 55.7 Å². The molecule has 0 amide bonds. The first-order valence-electron chi connectivity index (χ1n) is 8.80. The van der Waals surface area contributed by atoms with Crippen LogP contribution in [-0.4, -0.2) is 0 Å². The van der Waals surface area contributed by atoms with Crippen molar-refractivity contribution in [3.63, 3.8) is 0 Å². The smallest absolute Gasteiger partial charge is 0.134 e. The summed E-state index contributed by atoms with van der Waals surface area (Å²) in [7, 11) is 0. The molecule has 2 aromatic carbocycles. The summed E-state index contributed by atoms with van der Waals surface area (Å²) in [5.74, 6) is -0.226. The molecule has 0 radical (unpaired) electrons. The number of halogens is 3. The SMILES string of the molecule is CCC1CCC(Cc2cc(F)c(-c3ccc(F)cc3)c(F)c2)CC1. The van der Waals surface area contributed by atoms with Crippen LogP contribution in [0, 0.1) is 29.3 Å². The third kappa shape index (κ3) is 3.82. The minimum Gasteiger partial charge on any atom is -0.207 e. The van der Waals surface area contributed by atoms with Crippen LogP contribution >= 0.6 is 0 Å². The van der Waals surface area contributed by atoms with Crippen molar-refractivity contribution in [3.8, 4) is 11.1 Å². The number of rotatable bonds is 4. The highest BCUT2D eigenvalue weighted by molar-refractivity contribution is 5.65. The van der Waals surface area contributed by atoms with Gasteiger partial charge in [0.05, 0.1) is 5.56 Å². The molecule has 0 aliphatic heterocycles. The van der Waals surface area contributed by atoms with Crippen molar-refractivity contribution in [3.05, 3.63) is 59.4 Å². The Hall–Kier alpha value is -1.77. The van der Waals surface area contributed by atoms with Gasteiger partial charge in [0.2, 0.25) is 0 Å². The van der Waals surface area contributed by atoms with Crippen molar-refractivity contribution in [2.75, 3.05) is 0 Å². The molecule has 2 aromatic rings. The van der Waals surface area contributed by atoms with Crippen LogP contribution in [0.4, 0.5) is 13.2 Å². The second kappa shape index (κ2) is 7.42. The van der Waals surface area contributed by atoms with Gasteiger partial charge in [0.25, 0.3) is 0 Å². The van der Waals surface area contributed by atoms with Crippen molar-refractivity contribution < 1.29 is 13.2 Å². The largest absolute Gasteiger partial charge is 0.207 e. The minimum absolute atomic E-state index is 0.0755. The molecule has 128 valence electrons. The maximum absolute atomic E-state index is 14.4. The van der Waals surface area contributed by atoms with E-state index in [1.54, 1.807) is 0 Å². The zero-order valence-electron chi connectivity index (χ0n) is 14.0. The second-order valence-corrected chi connectivity index (χ2v) is 6.94. The maximum atomic E-state index is 14.4. The van der Waals surface area contributed by atoms with Crippen LogP contribution in [-0.2, 0) is 6.42 Å². The summed E-state index contributed by atoms with van der Waals surface area (Å²) in [4.78, 5) is 0. The number of benzene rings is 2. The molecule has 1 fully saturated rings. The Balaban J connectivity index is 1.76. The van der Waals surface area contributed by atoms with Crippen molar-refractivity contribution in [1.82, 2.24) is 0 Å². The lowest BCUT2D eigenvalue weighted by atomic mass is 9.78. The van der Waals surface area contributed by atoms with Gasteiger partial charge in [0.1, 0.15) is 17.5 Å². The van der Waals surface area contributed by atoms with E-state index in [1.807, 2.05) is 0 Å². The Morgan fingerprint density at radius 2 is 1.38 bits per heavy atom. The van der Waals surface area contributed by atoms with Crippen LogP contribution in [0.25, 0.3) is 11.1 Å². The Kier molecular flexibility index (Phi) is 5.27. The van der Waals surface area contributed by atoms with E-state index in [0.29, 0.717) is 11.5 Å². The van der Waals surface area contributed by atoms with E-state index >= 15 is 0 Å². The molecular weight excluding hydrogens is 309 g/mol. The summed E-state index contributed by atoms with van der Waals surface area (Å²) in [6.45, 7) is 2.23. The lowest BCUT2D eigenvalue weighted by Crippen LogP contribution is -2.16. The van der Waals surface area contributed by atoms with Crippen LogP contribution in [0.5, 0.6) is 0 Å². The topological polar surface area (TPSA) is 0 Å². The molecule has 0 nitrogen and oxygen atoms in total. The summed E-state index contributed by atoms with van der Waals surface area (Å²) >= 11 is 0. The molecule has 0 unspecified atom stereocenters. The number of hydrogen-bond acceptors (Lipinski definition) is 0.